The zero-order chi connectivity index (χ0) is 11.1. The van der Waals surface area contributed by atoms with E-state index >= 15 is 0 Å². The molecule has 0 aliphatic carbocycles. The molecule has 1 aromatic heterocycles. The van der Waals surface area contributed by atoms with Crippen LogP contribution in [-0.4, -0.2) is 0 Å². The van der Waals surface area contributed by atoms with Crippen molar-refractivity contribution in [1.82, 2.24) is 0 Å². The van der Waals surface area contributed by atoms with Gasteiger partial charge in [-0.05, 0) is 12.1 Å². The summed E-state index contributed by atoms with van der Waals surface area (Å²) in [6.45, 7) is 0. The van der Waals surface area contributed by atoms with Crippen LogP contribution < -0.4 is 4.57 Å². The summed E-state index contributed by atoms with van der Waals surface area (Å²) in [5.41, 5.74) is -0.611. The number of aromatic nitrogens is 1. The molecular weight excluding hydrogens is 203 g/mol. The van der Waals surface area contributed by atoms with Crippen molar-refractivity contribution in [2.75, 3.05) is 0 Å². The Labute approximate surface area is 84.8 Å². The molecule has 0 spiro atoms. The topological polar surface area (TPSA) is 3.88 Å². The predicted molar refractivity (Wildman–Crippen MR) is 49.9 cm³/mol. The highest BCUT2D eigenvalue weighted by atomic mass is 19.4. The molecule has 1 radical (unpaired) electrons. The second kappa shape index (κ2) is 3.22. The quantitative estimate of drug-likeness (QED) is 0.590. The van der Waals surface area contributed by atoms with Gasteiger partial charge in [-0.1, -0.05) is 6.07 Å². The van der Waals surface area contributed by atoms with Crippen molar-refractivity contribution in [3.63, 3.8) is 0 Å². The Balaban J connectivity index is 2.77. The van der Waals surface area contributed by atoms with Crippen LogP contribution in [0.1, 0.15) is 5.56 Å². The zero-order valence-electron chi connectivity index (χ0n) is 7.75. The van der Waals surface area contributed by atoms with E-state index in [4.69, 9.17) is 0 Å². The lowest BCUT2D eigenvalue weighted by molar-refractivity contribution is -0.610. The lowest BCUT2D eigenvalue weighted by Crippen LogP contribution is -2.23. The fourth-order valence-corrected chi connectivity index (χ4v) is 1.52. The highest BCUT2D eigenvalue weighted by molar-refractivity contribution is 5.84. The van der Waals surface area contributed by atoms with E-state index in [1.807, 2.05) is 0 Å². The molecule has 2 rings (SSSR count). The second-order valence-electron chi connectivity index (χ2n) is 3.27. The Morgan fingerprint density at radius 1 is 1.13 bits per heavy atom. The van der Waals surface area contributed by atoms with Crippen molar-refractivity contribution in [3.05, 3.63) is 49.3 Å². The van der Waals surface area contributed by atoms with Crippen molar-refractivity contribution < 1.29 is 17.7 Å². The van der Waals surface area contributed by atoms with Gasteiger partial charge in [0.05, 0.1) is 5.56 Å². The monoisotopic (exact) mass is 211 g/mol. The van der Waals surface area contributed by atoms with Gasteiger partial charge in [-0.3, -0.25) is 0 Å². The third-order valence-electron chi connectivity index (χ3n) is 2.18. The first-order valence-electron chi connectivity index (χ1n) is 4.30. The summed E-state index contributed by atoms with van der Waals surface area (Å²) in [6, 6.07) is 5.53. The first-order valence-corrected chi connectivity index (χ1v) is 4.30. The van der Waals surface area contributed by atoms with E-state index in [0.29, 0.717) is 5.39 Å². The van der Waals surface area contributed by atoms with Crippen LogP contribution in [0.4, 0.5) is 13.2 Å². The van der Waals surface area contributed by atoms with Crippen molar-refractivity contribution in [1.29, 1.82) is 0 Å². The van der Waals surface area contributed by atoms with Crippen LogP contribution in [0.2, 0.25) is 0 Å². The molecule has 0 unspecified atom stereocenters. The summed E-state index contributed by atoms with van der Waals surface area (Å²) in [6.07, 6.45) is -1.25. The molecule has 0 amide bonds. The molecule has 1 nitrogen and oxygen atoms in total. The molecular formula is C11H8F3N+. The van der Waals surface area contributed by atoms with E-state index < -0.39 is 11.7 Å². The SMILES string of the molecule is [CH2][n+]1ccc2c(C(F)(F)F)cccc2c1. The van der Waals surface area contributed by atoms with Crippen LogP contribution in [0.15, 0.2) is 36.7 Å². The molecule has 2 aromatic rings. The minimum Gasteiger partial charge on any atom is -0.198 e. The fourth-order valence-electron chi connectivity index (χ4n) is 1.52. The van der Waals surface area contributed by atoms with Crippen LogP contribution in [0.3, 0.4) is 0 Å². The summed E-state index contributed by atoms with van der Waals surface area (Å²) in [5.74, 6) is 0. The number of halogens is 3. The Kier molecular flexibility index (Phi) is 2.14. The summed E-state index contributed by atoms with van der Waals surface area (Å²) in [7, 11) is 3.60. The highest BCUT2D eigenvalue weighted by Gasteiger charge is 2.32. The third kappa shape index (κ3) is 1.79. The normalized spacial score (nSPS) is 12.0. The molecule has 0 aliphatic heterocycles. The molecule has 1 aromatic carbocycles. The maximum atomic E-state index is 12.6. The van der Waals surface area contributed by atoms with Crippen molar-refractivity contribution in [3.8, 4) is 0 Å². The third-order valence-corrected chi connectivity index (χ3v) is 2.18. The number of benzene rings is 1. The number of nitrogens with zero attached hydrogens (tertiary/aromatic N) is 1. The van der Waals surface area contributed by atoms with Crippen LogP contribution in [0.5, 0.6) is 0 Å². The molecule has 4 heteroatoms. The van der Waals surface area contributed by atoms with Gasteiger partial charge in [-0.25, -0.2) is 0 Å². The number of hydrogen-bond donors (Lipinski definition) is 0. The number of pyridine rings is 1. The lowest BCUT2D eigenvalue weighted by atomic mass is 10.1. The predicted octanol–water partition coefficient (Wildman–Crippen LogP) is 2.79. The van der Waals surface area contributed by atoms with E-state index in [9.17, 15) is 13.2 Å². The Hall–Kier alpha value is -1.58. The second-order valence-corrected chi connectivity index (χ2v) is 3.27. The zero-order valence-corrected chi connectivity index (χ0v) is 7.75. The summed E-state index contributed by atoms with van der Waals surface area (Å²) >= 11 is 0. The van der Waals surface area contributed by atoms with E-state index in [-0.39, 0.29) is 5.39 Å². The summed E-state index contributed by atoms with van der Waals surface area (Å²) in [4.78, 5) is 0. The number of rotatable bonds is 0. The van der Waals surface area contributed by atoms with Crippen LogP contribution in [0.25, 0.3) is 10.8 Å². The average molecular weight is 211 g/mol. The van der Waals surface area contributed by atoms with Gasteiger partial charge in [0.2, 0.25) is 7.05 Å². The molecule has 0 bridgehead atoms. The molecule has 15 heavy (non-hydrogen) atoms. The standard InChI is InChI=1S/C11H8F3N/c1-15-6-5-9-8(7-15)3-2-4-10(9)11(12,13)14/h2-7H,1H2/q+1. The van der Waals surface area contributed by atoms with E-state index in [0.717, 1.165) is 6.07 Å². The van der Waals surface area contributed by atoms with Crippen LogP contribution in [-0.2, 0) is 6.18 Å². The summed E-state index contributed by atoms with van der Waals surface area (Å²) in [5, 5.41) is 0.729. The largest absolute Gasteiger partial charge is 0.417 e. The maximum Gasteiger partial charge on any atom is 0.417 e. The van der Waals surface area contributed by atoms with Gasteiger partial charge in [0.1, 0.15) is 0 Å². The Bertz CT molecular complexity index is 503. The van der Waals surface area contributed by atoms with Gasteiger partial charge in [0, 0.05) is 16.8 Å². The highest BCUT2D eigenvalue weighted by Crippen LogP contribution is 2.33. The number of hydrogen-bond acceptors (Lipinski definition) is 0. The minimum atomic E-state index is -4.31. The maximum absolute atomic E-state index is 12.6. The summed E-state index contributed by atoms with van der Waals surface area (Å²) < 4.78 is 39.3. The van der Waals surface area contributed by atoms with Gasteiger partial charge in [-0.15, -0.1) is 0 Å². The van der Waals surface area contributed by atoms with Crippen molar-refractivity contribution >= 4 is 10.8 Å². The van der Waals surface area contributed by atoms with E-state index in [2.05, 4.69) is 7.05 Å². The molecule has 0 saturated carbocycles. The smallest absolute Gasteiger partial charge is 0.198 e. The van der Waals surface area contributed by atoms with Crippen molar-refractivity contribution in [2.45, 2.75) is 6.18 Å². The number of fused-ring (bicyclic) bond motifs is 1. The number of alkyl halides is 3. The first-order chi connectivity index (χ1) is 6.98. The van der Waals surface area contributed by atoms with E-state index in [1.54, 1.807) is 12.3 Å². The van der Waals surface area contributed by atoms with Gasteiger partial charge < -0.3 is 0 Å². The molecule has 0 aliphatic rings. The molecule has 77 valence electrons. The minimum absolute atomic E-state index is 0.199. The molecule has 0 atom stereocenters. The van der Waals surface area contributed by atoms with Crippen molar-refractivity contribution in [2.24, 2.45) is 0 Å². The fraction of sp³-hybridized carbons (Fsp3) is 0.0909. The molecule has 0 N–H and O–H groups in total. The van der Waals surface area contributed by atoms with Gasteiger partial charge >= 0.3 is 6.18 Å². The Morgan fingerprint density at radius 3 is 2.53 bits per heavy atom. The van der Waals surface area contributed by atoms with Crippen LogP contribution in [0, 0.1) is 7.05 Å². The lowest BCUT2D eigenvalue weighted by Gasteiger charge is -2.08. The van der Waals surface area contributed by atoms with Gasteiger partial charge in [0.15, 0.2) is 12.4 Å². The van der Waals surface area contributed by atoms with Crippen LogP contribution >= 0.6 is 0 Å². The van der Waals surface area contributed by atoms with E-state index in [1.165, 1.54) is 22.9 Å². The molecule has 0 saturated heterocycles. The van der Waals surface area contributed by atoms with Gasteiger partial charge in [-0.2, -0.15) is 17.7 Å². The first kappa shape index (κ1) is 9.96. The molecule has 0 fully saturated rings. The molecule has 1 heterocycles. The van der Waals surface area contributed by atoms with Gasteiger partial charge in [0.25, 0.3) is 0 Å². The Morgan fingerprint density at radius 2 is 1.87 bits per heavy atom. The average Bonchev–Trinajstić information content (AvgIpc) is 2.15.